The molecule has 8 nitrogen and oxygen atoms in total. The molecule has 0 atom stereocenters. The number of benzene rings is 1. The quantitative estimate of drug-likeness (QED) is 0.382. The second-order valence-corrected chi connectivity index (χ2v) is 7.68. The Balaban J connectivity index is 1.61. The fraction of sp³-hybridized carbons (Fsp3) is 0.421. The minimum atomic E-state index is -0.456. The number of aromatic amines is 1. The molecule has 1 amide bonds. The van der Waals surface area contributed by atoms with E-state index in [9.17, 15) is 9.59 Å². The molecule has 0 unspecified atom stereocenters. The van der Waals surface area contributed by atoms with Crippen molar-refractivity contribution in [2.24, 2.45) is 0 Å². The van der Waals surface area contributed by atoms with Gasteiger partial charge in [0.15, 0.2) is 11.0 Å². The van der Waals surface area contributed by atoms with E-state index in [1.54, 1.807) is 29.2 Å². The first-order valence-corrected chi connectivity index (χ1v) is 10.5. The highest BCUT2D eigenvalue weighted by Crippen LogP contribution is 2.18. The number of hydrogen-bond acceptors (Lipinski definition) is 6. The zero-order chi connectivity index (χ0) is 19.9. The molecule has 1 aliphatic rings. The van der Waals surface area contributed by atoms with Crippen LogP contribution in [0.5, 0.6) is 5.75 Å². The molecule has 1 aromatic heterocycles. The molecule has 0 spiro atoms. The van der Waals surface area contributed by atoms with Crippen molar-refractivity contribution in [1.82, 2.24) is 9.97 Å². The standard InChI is InChI=1S/C19H25N5O3S/c1-2-27-14-7-5-13(6-8-14)17(25)21-15-16(20)22-19(23-18(15)26)28-12-11-24-9-3-4-10-24/h5-8H,2-4,9-12H2,1H3,(H,21,25)(H3,20,22,23,26)/p+1. The number of H-pyrrole nitrogens is 1. The smallest absolute Gasteiger partial charge is 0.277 e. The topological polar surface area (TPSA) is 115 Å². The monoisotopic (exact) mass is 404 g/mol. The number of thioether (sulfide) groups is 1. The van der Waals surface area contributed by atoms with Gasteiger partial charge in [-0.25, -0.2) is 4.98 Å². The Hall–Kier alpha value is -2.52. The number of ether oxygens (including phenoxy) is 1. The number of amides is 1. The van der Waals surface area contributed by atoms with E-state index < -0.39 is 11.5 Å². The van der Waals surface area contributed by atoms with Gasteiger partial charge in [-0.3, -0.25) is 14.6 Å². The number of quaternary nitrogens is 1. The van der Waals surface area contributed by atoms with Gasteiger partial charge in [-0.1, -0.05) is 11.8 Å². The second kappa shape index (κ2) is 9.61. The van der Waals surface area contributed by atoms with Gasteiger partial charge in [0.1, 0.15) is 11.4 Å². The lowest BCUT2D eigenvalue weighted by Gasteiger charge is -2.12. The zero-order valence-electron chi connectivity index (χ0n) is 15.9. The van der Waals surface area contributed by atoms with Crippen LogP contribution in [-0.2, 0) is 0 Å². The fourth-order valence-electron chi connectivity index (χ4n) is 3.13. The van der Waals surface area contributed by atoms with Crippen LogP contribution in [-0.4, -0.2) is 47.9 Å². The maximum atomic E-state index is 12.4. The van der Waals surface area contributed by atoms with Crippen molar-refractivity contribution in [2.45, 2.75) is 24.9 Å². The first-order valence-electron chi connectivity index (χ1n) is 9.47. The molecule has 28 heavy (non-hydrogen) atoms. The average Bonchev–Trinajstić information content (AvgIpc) is 3.19. The maximum Gasteiger partial charge on any atom is 0.277 e. The number of nitrogens with one attached hydrogen (secondary N) is 3. The molecule has 2 heterocycles. The number of nitrogens with two attached hydrogens (primary N) is 1. The van der Waals surface area contributed by atoms with Gasteiger partial charge in [-0.05, 0) is 31.2 Å². The Morgan fingerprint density at radius 3 is 2.68 bits per heavy atom. The molecule has 1 aliphatic heterocycles. The largest absolute Gasteiger partial charge is 0.494 e. The first kappa shape index (κ1) is 20.2. The number of carbonyl (C=O) groups excluding carboxylic acids is 1. The van der Waals surface area contributed by atoms with Crippen molar-refractivity contribution >= 4 is 29.2 Å². The van der Waals surface area contributed by atoms with Crippen molar-refractivity contribution < 1.29 is 14.4 Å². The van der Waals surface area contributed by atoms with Crippen LogP contribution in [0.2, 0.25) is 0 Å². The summed E-state index contributed by atoms with van der Waals surface area (Å²) in [5.74, 6) is 1.12. The number of rotatable bonds is 8. The van der Waals surface area contributed by atoms with E-state index in [1.165, 1.54) is 37.7 Å². The van der Waals surface area contributed by atoms with E-state index in [0.29, 0.717) is 23.1 Å². The summed E-state index contributed by atoms with van der Waals surface area (Å²) in [7, 11) is 0. The van der Waals surface area contributed by atoms with E-state index in [0.717, 1.165) is 12.3 Å². The van der Waals surface area contributed by atoms with Crippen LogP contribution in [0.3, 0.4) is 0 Å². The van der Waals surface area contributed by atoms with Crippen LogP contribution in [0.4, 0.5) is 11.5 Å². The van der Waals surface area contributed by atoms with Crippen molar-refractivity contribution in [1.29, 1.82) is 0 Å². The second-order valence-electron chi connectivity index (χ2n) is 6.60. The Labute approximate surface area is 167 Å². The number of likely N-dealkylation sites (tertiary alicyclic amines) is 1. The molecule has 0 saturated carbocycles. The summed E-state index contributed by atoms with van der Waals surface area (Å²) in [6.45, 7) is 5.89. The maximum absolute atomic E-state index is 12.4. The first-order chi connectivity index (χ1) is 13.6. The van der Waals surface area contributed by atoms with E-state index in [-0.39, 0.29) is 11.5 Å². The Morgan fingerprint density at radius 2 is 2.04 bits per heavy atom. The summed E-state index contributed by atoms with van der Waals surface area (Å²) < 4.78 is 5.35. The summed E-state index contributed by atoms with van der Waals surface area (Å²) in [5.41, 5.74) is 5.83. The van der Waals surface area contributed by atoms with E-state index in [4.69, 9.17) is 10.5 Å². The number of hydrogen-bond donors (Lipinski definition) is 4. The summed E-state index contributed by atoms with van der Waals surface area (Å²) in [6, 6.07) is 6.66. The zero-order valence-corrected chi connectivity index (χ0v) is 16.7. The lowest BCUT2D eigenvalue weighted by molar-refractivity contribution is -0.884. The molecule has 1 fully saturated rings. The molecule has 9 heteroatoms. The molecule has 2 aromatic rings. The van der Waals surface area contributed by atoms with Gasteiger partial charge < -0.3 is 20.7 Å². The third-order valence-electron chi connectivity index (χ3n) is 4.60. The van der Waals surface area contributed by atoms with Crippen LogP contribution in [0.25, 0.3) is 0 Å². The van der Waals surface area contributed by atoms with E-state index in [1.807, 2.05) is 6.92 Å². The molecule has 1 aromatic carbocycles. The number of aromatic nitrogens is 2. The van der Waals surface area contributed by atoms with Crippen LogP contribution in [0, 0.1) is 0 Å². The average molecular weight is 405 g/mol. The molecule has 1 saturated heterocycles. The lowest BCUT2D eigenvalue weighted by atomic mass is 10.2. The van der Waals surface area contributed by atoms with Crippen molar-refractivity contribution in [3.05, 3.63) is 40.2 Å². The van der Waals surface area contributed by atoms with Gasteiger partial charge in [-0.15, -0.1) is 0 Å². The van der Waals surface area contributed by atoms with Gasteiger partial charge in [-0.2, -0.15) is 0 Å². The van der Waals surface area contributed by atoms with Gasteiger partial charge in [0, 0.05) is 18.4 Å². The van der Waals surface area contributed by atoms with E-state index >= 15 is 0 Å². The summed E-state index contributed by atoms with van der Waals surface area (Å²) in [6.07, 6.45) is 2.57. The fourth-order valence-corrected chi connectivity index (χ4v) is 4.04. The minimum absolute atomic E-state index is 0.0130. The molecule has 0 aliphatic carbocycles. The summed E-state index contributed by atoms with van der Waals surface area (Å²) in [4.78, 5) is 33.3. The van der Waals surface area contributed by atoms with Crippen LogP contribution in [0.1, 0.15) is 30.1 Å². The van der Waals surface area contributed by atoms with Crippen LogP contribution >= 0.6 is 11.8 Å². The Morgan fingerprint density at radius 1 is 1.32 bits per heavy atom. The third kappa shape index (κ3) is 5.26. The lowest BCUT2D eigenvalue weighted by Crippen LogP contribution is -3.10. The molecular formula is C19H26N5O3S+. The molecule has 0 radical (unpaired) electrons. The number of nitrogens with zero attached hydrogens (tertiary/aromatic N) is 1. The predicted molar refractivity (Wildman–Crippen MR) is 110 cm³/mol. The number of anilines is 2. The summed E-state index contributed by atoms with van der Waals surface area (Å²) >= 11 is 1.47. The predicted octanol–water partition coefficient (Wildman–Crippen LogP) is 0.774. The van der Waals surface area contributed by atoms with Gasteiger partial charge >= 0.3 is 0 Å². The van der Waals surface area contributed by atoms with Crippen LogP contribution < -0.4 is 26.2 Å². The molecule has 0 bridgehead atoms. The van der Waals surface area contributed by atoms with Crippen molar-refractivity contribution in [2.75, 3.05) is 43.0 Å². The van der Waals surface area contributed by atoms with Crippen molar-refractivity contribution in [3.63, 3.8) is 0 Å². The van der Waals surface area contributed by atoms with Gasteiger partial charge in [0.25, 0.3) is 11.5 Å². The Bertz CT molecular complexity index is 863. The normalized spacial score (nSPS) is 14.2. The molecular weight excluding hydrogens is 378 g/mol. The number of nitrogen functional groups attached to an aromatic ring is 1. The highest BCUT2D eigenvalue weighted by atomic mass is 32.2. The molecule has 3 rings (SSSR count). The van der Waals surface area contributed by atoms with Gasteiger partial charge in [0.05, 0.1) is 32.0 Å². The number of carbonyl (C=O) groups is 1. The highest BCUT2D eigenvalue weighted by Gasteiger charge is 2.16. The highest BCUT2D eigenvalue weighted by molar-refractivity contribution is 7.99. The minimum Gasteiger partial charge on any atom is -0.494 e. The van der Waals surface area contributed by atoms with E-state index in [2.05, 4.69) is 15.3 Å². The van der Waals surface area contributed by atoms with Crippen molar-refractivity contribution in [3.8, 4) is 5.75 Å². The van der Waals surface area contributed by atoms with Crippen LogP contribution in [0.15, 0.2) is 34.2 Å². The third-order valence-corrected chi connectivity index (χ3v) is 5.47. The SMILES string of the molecule is CCOc1ccc(C(=O)Nc2c(N)nc(SCC[NH+]3CCCC3)[nH]c2=O)cc1. The van der Waals surface area contributed by atoms with Gasteiger partial charge in [0.2, 0.25) is 0 Å². The molecule has 150 valence electrons. The Kier molecular flexibility index (Phi) is 6.94. The summed E-state index contributed by atoms with van der Waals surface area (Å²) in [5, 5.41) is 3.02. The molecule has 5 N–H and O–H groups in total.